The van der Waals surface area contributed by atoms with Crippen molar-refractivity contribution in [2.24, 2.45) is 11.8 Å². The number of ether oxygens (including phenoxy) is 2. The van der Waals surface area contributed by atoms with Crippen LogP contribution >= 0.6 is 0 Å². The number of rotatable bonds is 32. The molecule has 0 aromatic carbocycles. The highest BCUT2D eigenvalue weighted by atomic mass is 16.5. The van der Waals surface area contributed by atoms with Crippen LogP contribution in [0.2, 0.25) is 0 Å². The van der Waals surface area contributed by atoms with E-state index < -0.39 is 0 Å². The van der Waals surface area contributed by atoms with Gasteiger partial charge < -0.3 is 14.4 Å². The van der Waals surface area contributed by atoms with E-state index >= 15 is 0 Å². The minimum absolute atomic E-state index is 0.0904. The van der Waals surface area contributed by atoms with Gasteiger partial charge in [0.2, 0.25) is 0 Å². The van der Waals surface area contributed by atoms with Gasteiger partial charge in [-0.15, -0.1) is 0 Å². The predicted octanol–water partition coefficient (Wildman–Crippen LogP) is 11.9. The highest BCUT2D eigenvalue weighted by molar-refractivity contribution is 5.69. The summed E-state index contributed by atoms with van der Waals surface area (Å²) < 4.78 is 11.3. The van der Waals surface area contributed by atoms with Gasteiger partial charge in [0.1, 0.15) is 0 Å². The van der Waals surface area contributed by atoms with Crippen molar-refractivity contribution in [1.29, 1.82) is 0 Å². The zero-order chi connectivity index (χ0) is 34.8. The quantitative estimate of drug-likeness (QED) is 0.0405. The van der Waals surface area contributed by atoms with Crippen molar-refractivity contribution in [2.45, 2.75) is 168 Å². The normalized spacial score (nSPS) is 17.1. The van der Waals surface area contributed by atoms with Crippen LogP contribution in [-0.2, 0) is 19.1 Å². The third kappa shape index (κ3) is 27.8. The molecule has 0 aromatic heterocycles. The first-order valence-electron chi connectivity index (χ1n) is 20.2. The van der Waals surface area contributed by atoms with Crippen molar-refractivity contribution in [2.75, 3.05) is 33.4 Å². The summed E-state index contributed by atoms with van der Waals surface area (Å²) in [6, 6.07) is 0. The smallest absolute Gasteiger partial charge is 0.305 e. The summed E-state index contributed by atoms with van der Waals surface area (Å²) in [7, 11) is 2.08. The third-order valence-electron chi connectivity index (χ3n) is 9.34. The van der Waals surface area contributed by atoms with Crippen LogP contribution in [-0.4, -0.2) is 50.2 Å². The zero-order valence-corrected chi connectivity index (χ0v) is 31.7. The molecule has 1 saturated heterocycles. The summed E-state index contributed by atoms with van der Waals surface area (Å²) in [5.41, 5.74) is 0. The van der Waals surface area contributed by atoms with Crippen LogP contribution in [0.3, 0.4) is 0 Å². The second kappa shape index (κ2) is 33.4. The lowest BCUT2D eigenvalue weighted by atomic mass is 9.98. The molecule has 0 saturated carbocycles. The fourth-order valence-corrected chi connectivity index (χ4v) is 6.26. The molecule has 1 aliphatic heterocycles. The second-order valence-electron chi connectivity index (χ2n) is 14.1. The van der Waals surface area contributed by atoms with Gasteiger partial charge in [-0.2, -0.15) is 0 Å². The van der Waals surface area contributed by atoms with Gasteiger partial charge in [0, 0.05) is 37.8 Å². The SMILES string of the molecule is CCCCC/C=C\C/C=C\CCCCCCCC(=O)OCC1CN(C)C[C@H]1COC(=O)CCCCCCC/C=C\C/C=C\CCCCC. The van der Waals surface area contributed by atoms with Crippen molar-refractivity contribution in [3.63, 3.8) is 0 Å². The molecule has 5 heteroatoms. The molecule has 5 nitrogen and oxygen atoms in total. The van der Waals surface area contributed by atoms with E-state index in [-0.39, 0.29) is 23.8 Å². The van der Waals surface area contributed by atoms with E-state index in [2.05, 4.69) is 74.4 Å². The van der Waals surface area contributed by atoms with Gasteiger partial charge in [-0.05, 0) is 84.1 Å². The summed E-state index contributed by atoms with van der Waals surface area (Å²) in [5.74, 6) is 0.277. The molecular weight excluding hydrogens is 594 g/mol. The Morgan fingerprint density at radius 1 is 0.500 bits per heavy atom. The van der Waals surface area contributed by atoms with Crippen LogP contribution in [0.1, 0.15) is 168 Å². The Balaban J connectivity index is 2.01. The molecule has 0 N–H and O–H groups in total. The first-order valence-corrected chi connectivity index (χ1v) is 20.2. The average Bonchev–Trinajstić information content (AvgIpc) is 3.45. The van der Waals surface area contributed by atoms with Crippen LogP contribution in [0, 0.1) is 11.8 Å². The molecular formula is C43H75NO4. The number of hydrogen-bond donors (Lipinski definition) is 0. The lowest BCUT2D eigenvalue weighted by Crippen LogP contribution is -2.25. The van der Waals surface area contributed by atoms with Gasteiger partial charge in [-0.1, -0.05) is 127 Å². The molecule has 0 amide bonds. The van der Waals surface area contributed by atoms with Gasteiger partial charge in [0.25, 0.3) is 0 Å². The summed E-state index contributed by atoms with van der Waals surface area (Å²) in [6.07, 6.45) is 45.2. The largest absolute Gasteiger partial charge is 0.465 e. The average molecular weight is 670 g/mol. The number of esters is 2. The monoisotopic (exact) mass is 670 g/mol. The molecule has 1 rings (SSSR count). The standard InChI is InChI=1S/C43H75NO4/c1-4-6-8-10-12-14-16-18-20-22-24-26-28-30-32-34-42(45)47-38-40-36-44(3)37-41(40)39-48-43(46)35-33-31-29-27-25-23-21-19-17-15-13-11-9-7-5-2/h12-15,18-21,40-41H,4-11,16-17,22-39H2,1-3H3/b14-12-,15-13-,20-18-,21-19-/t40-,41?/m0/s1. The summed E-state index contributed by atoms with van der Waals surface area (Å²) >= 11 is 0. The van der Waals surface area contributed by atoms with Crippen molar-refractivity contribution < 1.29 is 19.1 Å². The van der Waals surface area contributed by atoms with Gasteiger partial charge in [-0.3, -0.25) is 9.59 Å². The number of unbranched alkanes of at least 4 members (excludes halogenated alkanes) is 16. The Hall–Kier alpha value is -2.14. The predicted molar refractivity (Wildman–Crippen MR) is 205 cm³/mol. The van der Waals surface area contributed by atoms with Gasteiger partial charge in [0.05, 0.1) is 13.2 Å². The Bertz CT molecular complexity index is 806. The van der Waals surface area contributed by atoms with Gasteiger partial charge >= 0.3 is 11.9 Å². The Morgan fingerprint density at radius 3 is 1.21 bits per heavy atom. The van der Waals surface area contributed by atoms with Gasteiger partial charge in [0.15, 0.2) is 0 Å². The maximum atomic E-state index is 12.4. The maximum absolute atomic E-state index is 12.4. The molecule has 2 atom stereocenters. The van der Waals surface area contributed by atoms with E-state index in [4.69, 9.17) is 9.47 Å². The molecule has 1 fully saturated rings. The molecule has 0 bridgehead atoms. The van der Waals surface area contributed by atoms with Crippen LogP contribution in [0.4, 0.5) is 0 Å². The lowest BCUT2D eigenvalue weighted by molar-refractivity contribution is -0.149. The Morgan fingerprint density at radius 2 is 0.833 bits per heavy atom. The molecule has 48 heavy (non-hydrogen) atoms. The van der Waals surface area contributed by atoms with Crippen LogP contribution in [0.15, 0.2) is 48.6 Å². The van der Waals surface area contributed by atoms with E-state index in [0.717, 1.165) is 64.5 Å². The number of likely N-dealkylation sites (tertiary alicyclic amines) is 1. The van der Waals surface area contributed by atoms with E-state index in [1.54, 1.807) is 0 Å². The van der Waals surface area contributed by atoms with E-state index in [1.807, 2.05) is 0 Å². The number of carbonyl (C=O) groups excluding carboxylic acids is 2. The summed E-state index contributed by atoms with van der Waals surface area (Å²) in [5, 5.41) is 0. The van der Waals surface area contributed by atoms with Crippen LogP contribution < -0.4 is 0 Å². The van der Waals surface area contributed by atoms with E-state index in [0.29, 0.717) is 26.1 Å². The van der Waals surface area contributed by atoms with Crippen LogP contribution in [0.25, 0.3) is 0 Å². The molecule has 1 heterocycles. The zero-order valence-electron chi connectivity index (χ0n) is 31.7. The second-order valence-corrected chi connectivity index (χ2v) is 14.1. The molecule has 0 aromatic rings. The summed E-state index contributed by atoms with van der Waals surface area (Å²) in [6.45, 7) is 7.10. The van der Waals surface area contributed by atoms with Crippen molar-refractivity contribution in [1.82, 2.24) is 4.90 Å². The van der Waals surface area contributed by atoms with E-state index in [9.17, 15) is 9.59 Å². The number of nitrogens with zero attached hydrogens (tertiary/aromatic N) is 1. The maximum Gasteiger partial charge on any atom is 0.305 e. The molecule has 0 radical (unpaired) electrons. The minimum Gasteiger partial charge on any atom is -0.465 e. The molecule has 276 valence electrons. The molecule has 1 unspecified atom stereocenters. The topological polar surface area (TPSA) is 55.8 Å². The minimum atomic E-state index is -0.0904. The van der Waals surface area contributed by atoms with Gasteiger partial charge in [-0.25, -0.2) is 0 Å². The first kappa shape index (κ1) is 43.9. The molecule has 0 aliphatic carbocycles. The third-order valence-corrected chi connectivity index (χ3v) is 9.34. The first-order chi connectivity index (χ1) is 23.6. The van der Waals surface area contributed by atoms with Crippen LogP contribution in [0.5, 0.6) is 0 Å². The Labute approximate surface area is 297 Å². The number of allylic oxidation sites excluding steroid dienone is 8. The molecule has 0 spiro atoms. The number of hydrogen-bond acceptors (Lipinski definition) is 5. The highest BCUT2D eigenvalue weighted by Crippen LogP contribution is 2.24. The van der Waals surface area contributed by atoms with Crippen molar-refractivity contribution in [3.05, 3.63) is 48.6 Å². The number of carbonyl (C=O) groups is 2. The fourth-order valence-electron chi connectivity index (χ4n) is 6.26. The fraction of sp³-hybridized carbons (Fsp3) is 0.767. The lowest BCUT2D eigenvalue weighted by Gasteiger charge is -2.18. The highest BCUT2D eigenvalue weighted by Gasteiger charge is 2.32. The van der Waals surface area contributed by atoms with Crippen molar-refractivity contribution in [3.8, 4) is 0 Å². The summed E-state index contributed by atoms with van der Waals surface area (Å²) in [4.78, 5) is 27.0. The van der Waals surface area contributed by atoms with E-state index in [1.165, 1.54) is 89.9 Å². The molecule has 1 aliphatic rings. The van der Waals surface area contributed by atoms with Crippen molar-refractivity contribution >= 4 is 11.9 Å². The Kier molecular flexibility index (Phi) is 30.5.